The fourth-order valence-corrected chi connectivity index (χ4v) is 4.05. The Balaban J connectivity index is 1.79. The lowest BCUT2D eigenvalue weighted by molar-refractivity contribution is 0.427. The number of hydrogen-bond donors (Lipinski definition) is 2. The zero-order valence-corrected chi connectivity index (χ0v) is 19.6. The van der Waals surface area contributed by atoms with Gasteiger partial charge in [-0.25, -0.2) is 23.3 Å². The molecule has 0 saturated heterocycles. The molecule has 3 aromatic carbocycles. The van der Waals surface area contributed by atoms with E-state index >= 15 is 0 Å². The quantitative estimate of drug-likeness (QED) is 0.336. The fraction of sp³-hybridized carbons (Fsp3) is 0.0714. The van der Waals surface area contributed by atoms with Crippen LogP contribution in [-0.4, -0.2) is 36.5 Å². The van der Waals surface area contributed by atoms with E-state index in [0.29, 0.717) is 23.4 Å². The molecule has 0 radical (unpaired) electrons. The van der Waals surface area contributed by atoms with Crippen LogP contribution in [0.15, 0.2) is 112 Å². The second kappa shape index (κ2) is 10.3. The van der Waals surface area contributed by atoms with E-state index < -0.39 is 22.9 Å². The predicted molar refractivity (Wildman–Crippen MR) is 138 cm³/mol. The van der Waals surface area contributed by atoms with E-state index in [1.165, 1.54) is 24.3 Å². The first-order chi connectivity index (χ1) is 18.0. The monoisotopic (exact) mass is 495 g/mol. The molecule has 37 heavy (non-hydrogen) atoms. The third-order valence-corrected chi connectivity index (χ3v) is 5.82. The highest BCUT2D eigenvalue weighted by Crippen LogP contribution is 2.22. The summed E-state index contributed by atoms with van der Waals surface area (Å²) in [4.78, 5) is 39.1. The van der Waals surface area contributed by atoms with Crippen molar-refractivity contribution in [2.75, 3.05) is 6.54 Å². The van der Waals surface area contributed by atoms with Gasteiger partial charge in [0.25, 0.3) is 5.56 Å². The van der Waals surface area contributed by atoms with Crippen molar-refractivity contribution in [1.29, 1.82) is 0 Å². The summed E-state index contributed by atoms with van der Waals surface area (Å²) in [5, 5.41) is 11.4. The van der Waals surface area contributed by atoms with E-state index in [4.69, 9.17) is 0 Å². The minimum atomic E-state index is -0.745. The number of aromatic amines is 1. The van der Waals surface area contributed by atoms with Gasteiger partial charge >= 0.3 is 5.69 Å². The van der Waals surface area contributed by atoms with Crippen molar-refractivity contribution < 1.29 is 9.50 Å². The highest BCUT2D eigenvalue weighted by molar-refractivity contribution is 6.14. The van der Waals surface area contributed by atoms with Crippen molar-refractivity contribution >= 4 is 5.71 Å². The van der Waals surface area contributed by atoms with Crippen molar-refractivity contribution in [3.8, 4) is 17.3 Å². The summed E-state index contributed by atoms with van der Waals surface area (Å²) in [6.45, 7) is 0.240. The Kier molecular flexibility index (Phi) is 6.58. The second-order valence-corrected chi connectivity index (χ2v) is 8.19. The number of para-hydroxylation sites is 2. The lowest BCUT2D eigenvalue weighted by atomic mass is 10.0. The molecule has 5 rings (SSSR count). The second-order valence-electron chi connectivity index (χ2n) is 8.19. The van der Waals surface area contributed by atoms with Crippen molar-refractivity contribution in [2.45, 2.75) is 6.42 Å². The largest absolute Gasteiger partial charge is 0.493 e. The number of nitrogens with one attached hydrogen (secondary N) is 1. The summed E-state index contributed by atoms with van der Waals surface area (Å²) >= 11 is 0. The first-order valence-corrected chi connectivity index (χ1v) is 11.5. The molecule has 2 heterocycles. The molecule has 8 nitrogen and oxygen atoms in total. The maximum Gasteiger partial charge on any atom is 0.343 e. The van der Waals surface area contributed by atoms with Crippen LogP contribution in [0, 0.1) is 5.82 Å². The lowest BCUT2D eigenvalue weighted by Crippen LogP contribution is -2.41. The number of halogens is 1. The first kappa shape index (κ1) is 23.7. The molecule has 0 saturated carbocycles. The number of aromatic hydroxyl groups is 1. The zero-order chi connectivity index (χ0) is 25.8. The molecule has 0 spiro atoms. The summed E-state index contributed by atoms with van der Waals surface area (Å²) in [5.74, 6) is -1.02. The van der Waals surface area contributed by atoms with Crippen molar-refractivity contribution in [1.82, 2.24) is 19.1 Å². The van der Waals surface area contributed by atoms with Crippen LogP contribution >= 0.6 is 0 Å². The number of rotatable bonds is 7. The Morgan fingerprint density at radius 2 is 1.51 bits per heavy atom. The third-order valence-electron chi connectivity index (χ3n) is 5.82. The molecule has 2 N–H and O–H groups in total. The van der Waals surface area contributed by atoms with Gasteiger partial charge in [0.15, 0.2) is 0 Å². The standard InChI is InChI=1S/C28H22FN5O3/c29-20-13-11-19(12-14-20)25(31-16-15-21-17-30-18-32-21)24-26(35)33(22-7-3-1-4-8-22)28(37)34(27(24)36)23-9-5-2-6-10-23/h1-14,17-18,35H,15-16H2,(H,30,32). The molecule has 0 unspecified atom stereocenters. The van der Waals surface area contributed by atoms with Gasteiger partial charge in [0.2, 0.25) is 5.88 Å². The van der Waals surface area contributed by atoms with Crippen LogP contribution in [0.25, 0.3) is 11.4 Å². The van der Waals surface area contributed by atoms with E-state index in [-0.39, 0.29) is 17.8 Å². The molecule has 5 aromatic rings. The van der Waals surface area contributed by atoms with Gasteiger partial charge in [-0.05, 0) is 48.5 Å². The summed E-state index contributed by atoms with van der Waals surface area (Å²) in [6, 6.07) is 22.4. The maximum absolute atomic E-state index is 13.9. The molecule has 0 aliphatic carbocycles. The Morgan fingerprint density at radius 1 is 0.892 bits per heavy atom. The van der Waals surface area contributed by atoms with Crippen LogP contribution in [0.1, 0.15) is 16.8 Å². The molecule has 0 aliphatic heterocycles. The van der Waals surface area contributed by atoms with Crippen LogP contribution in [0.5, 0.6) is 5.88 Å². The molecule has 0 aliphatic rings. The summed E-state index contributed by atoms with van der Waals surface area (Å²) in [5.41, 5.74) is 0.426. The van der Waals surface area contributed by atoms with Crippen LogP contribution in [0.3, 0.4) is 0 Å². The normalized spacial score (nSPS) is 11.5. The van der Waals surface area contributed by atoms with Crippen molar-refractivity contribution in [3.05, 3.63) is 141 Å². The van der Waals surface area contributed by atoms with E-state index in [2.05, 4.69) is 15.0 Å². The molecule has 0 bridgehead atoms. The number of nitrogens with zero attached hydrogens (tertiary/aromatic N) is 4. The molecule has 184 valence electrons. The highest BCUT2D eigenvalue weighted by Gasteiger charge is 2.25. The Bertz CT molecular complexity index is 1660. The molecule has 0 amide bonds. The van der Waals surface area contributed by atoms with Crippen molar-refractivity contribution in [2.24, 2.45) is 4.99 Å². The number of benzene rings is 3. The topological polar surface area (TPSA) is 105 Å². The van der Waals surface area contributed by atoms with Gasteiger partial charge in [-0.2, -0.15) is 0 Å². The van der Waals surface area contributed by atoms with E-state index in [1.54, 1.807) is 73.2 Å². The molecule has 0 fully saturated rings. The Morgan fingerprint density at radius 3 is 2.11 bits per heavy atom. The van der Waals surface area contributed by atoms with Gasteiger partial charge in [-0.1, -0.05) is 36.4 Å². The summed E-state index contributed by atoms with van der Waals surface area (Å²) in [7, 11) is 0. The Labute approximate surface area is 210 Å². The van der Waals surface area contributed by atoms with Gasteiger partial charge in [0, 0.05) is 30.4 Å². The fourth-order valence-electron chi connectivity index (χ4n) is 4.05. The number of H-pyrrole nitrogens is 1. The van der Waals surface area contributed by atoms with Gasteiger partial charge < -0.3 is 10.1 Å². The van der Waals surface area contributed by atoms with E-state index in [1.807, 2.05) is 0 Å². The average Bonchev–Trinajstić information content (AvgIpc) is 3.43. The number of hydrogen-bond acceptors (Lipinski definition) is 5. The van der Waals surface area contributed by atoms with Gasteiger partial charge in [0.05, 0.1) is 23.4 Å². The lowest BCUT2D eigenvalue weighted by Gasteiger charge is -2.17. The van der Waals surface area contributed by atoms with Crippen molar-refractivity contribution in [3.63, 3.8) is 0 Å². The maximum atomic E-state index is 13.9. The molecule has 9 heteroatoms. The first-order valence-electron chi connectivity index (χ1n) is 11.5. The number of imidazole rings is 1. The van der Waals surface area contributed by atoms with E-state index in [9.17, 15) is 19.1 Å². The molecule has 0 atom stereocenters. The SMILES string of the molecule is O=c1c(C(=NCCc2cnc[nH]2)c2ccc(F)cc2)c(O)n(-c2ccccc2)c(=O)n1-c1ccccc1. The van der Waals surface area contributed by atoms with Crippen LogP contribution in [0.4, 0.5) is 4.39 Å². The number of aliphatic imine (C=N–C) groups is 1. The highest BCUT2D eigenvalue weighted by atomic mass is 19.1. The smallest absolute Gasteiger partial charge is 0.343 e. The molecular formula is C28H22FN5O3. The van der Waals surface area contributed by atoms with Gasteiger partial charge in [0.1, 0.15) is 11.4 Å². The van der Waals surface area contributed by atoms with Gasteiger partial charge in [-0.15, -0.1) is 0 Å². The predicted octanol–water partition coefficient (Wildman–Crippen LogP) is 3.64. The summed E-state index contributed by atoms with van der Waals surface area (Å²) < 4.78 is 15.8. The number of aromatic nitrogens is 4. The molecule has 2 aromatic heterocycles. The summed E-state index contributed by atoms with van der Waals surface area (Å²) in [6.07, 6.45) is 3.71. The zero-order valence-electron chi connectivity index (χ0n) is 19.6. The Hall–Kier alpha value is -5.05. The van der Waals surface area contributed by atoms with Crippen LogP contribution < -0.4 is 11.2 Å². The minimum absolute atomic E-state index is 0.136. The average molecular weight is 496 g/mol. The van der Waals surface area contributed by atoms with Crippen LogP contribution in [-0.2, 0) is 6.42 Å². The third kappa shape index (κ3) is 4.74. The van der Waals surface area contributed by atoms with E-state index in [0.717, 1.165) is 14.8 Å². The van der Waals surface area contributed by atoms with Gasteiger partial charge in [-0.3, -0.25) is 9.79 Å². The minimum Gasteiger partial charge on any atom is -0.493 e. The molecular weight excluding hydrogens is 473 g/mol. The van der Waals surface area contributed by atoms with Crippen LogP contribution in [0.2, 0.25) is 0 Å².